The Bertz CT molecular complexity index is 164. The minimum atomic E-state index is 0.140. The Hall–Kier alpha value is -0.0600. The summed E-state index contributed by atoms with van der Waals surface area (Å²) < 4.78 is 1.27. The summed E-state index contributed by atoms with van der Waals surface area (Å²) in [5.41, 5.74) is 0. The largest absolute Gasteiger partial charge is 0.318 e. The van der Waals surface area contributed by atoms with Crippen molar-refractivity contribution in [2.75, 3.05) is 6.54 Å². The number of amides is 1. The van der Waals surface area contributed by atoms with Crippen molar-refractivity contribution in [3.05, 3.63) is 9.78 Å². The molecule has 1 heterocycles. The van der Waals surface area contributed by atoms with Crippen molar-refractivity contribution < 1.29 is 4.79 Å². The first-order valence-corrected chi connectivity index (χ1v) is 3.91. The van der Waals surface area contributed by atoms with Crippen LogP contribution >= 0.6 is 22.6 Å². The molecule has 0 spiro atoms. The van der Waals surface area contributed by atoms with Crippen molar-refractivity contribution >= 4 is 28.5 Å². The van der Waals surface area contributed by atoms with Gasteiger partial charge in [0.05, 0.1) is 0 Å². The van der Waals surface area contributed by atoms with Crippen molar-refractivity contribution in [1.82, 2.24) is 4.90 Å². The van der Waals surface area contributed by atoms with Crippen molar-refractivity contribution in [2.24, 2.45) is 0 Å². The Morgan fingerprint density at radius 2 is 2.56 bits per heavy atom. The van der Waals surface area contributed by atoms with E-state index >= 15 is 0 Å². The van der Waals surface area contributed by atoms with Crippen LogP contribution in [0.4, 0.5) is 0 Å². The fourth-order valence-electron chi connectivity index (χ4n) is 0.774. The molecule has 0 bridgehead atoms. The fraction of sp³-hybridized carbons (Fsp3) is 0.500. The van der Waals surface area contributed by atoms with Crippen LogP contribution in [0.2, 0.25) is 0 Å². The smallest absolute Gasteiger partial charge is 0.223 e. The minimum Gasteiger partial charge on any atom is -0.318 e. The van der Waals surface area contributed by atoms with E-state index in [1.165, 1.54) is 3.58 Å². The monoisotopic (exact) mass is 237 g/mol. The van der Waals surface area contributed by atoms with Crippen molar-refractivity contribution in [3.8, 4) is 0 Å². The van der Waals surface area contributed by atoms with Crippen molar-refractivity contribution in [1.29, 1.82) is 0 Å². The van der Waals surface area contributed by atoms with Gasteiger partial charge in [-0.1, -0.05) is 0 Å². The summed E-state index contributed by atoms with van der Waals surface area (Å²) in [6, 6.07) is 0. The van der Waals surface area contributed by atoms with Gasteiger partial charge in [-0.25, -0.2) is 0 Å². The molecule has 1 amide bonds. The van der Waals surface area contributed by atoms with Gasteiger partial charge >= 0.3 is 0 Å². The lowest BCUT2D eigenvalue weighted by Gasteiger charge is -2.07. The molecule has 0 saturated carbocycles. The molecule has 0 unspecified atom stereocenters. The SMILES string of the molecule is CC(=O)N1C=C(I)CC1. The third-order valence-electron chi connectivity index (χ3n) is 1.29. The Labute approximate surface area is 68.1 Å². The van der Waals surface area contributed by atoms with Crippen LogP contribution in [0.1, 0.15) is 13.3 Å². The normalized spacial score (nSPS) is 18.0. The maximum Gasteiger partial charge on any atom is 0.223 e. The van der Waals surface area contributed by atoms with Crippen LogP contribution in [0.3, 0.4) is 0 Å². The topological polar surface area (TPSA) is 20.3 Å². The van der Waals surface area contributed by atoms with E-state index in [2.05, 4.69) is 22.6 Å². The van der Waals surface area contributed by atoms with Crippen LogP contribution in [0.15, 0.2) is 9.78 Å². The van der Waals surface area contributed by atoms with Gasteiger partial charge in [0.1, 0.15) is 0 Å². The molecule has 1 aliphatic heterocycles. The summed E-state index contributed by atoms with van der Waals surface area (Å²) in [4.78, 5) is 12.4. The van der Waals surface area contributed by atoms with Gasteiger partial charge in [0.25, 0.3) is 0 Å². The number of hydrogen-bond acceptors (Lipinski definition) is 1. The highest BCUT2D eigenvalue weighted by Crippen LogP contribution is 2.19. The van der Waals surface area contributed by atoms with Gasteiger partial charge in [-0.05, 0) is 29.0 Å². The van der Waals surface area contributed by atoms with Gasteiger partial charge in [0, 0.05) is 23.2 Å². The fourth-order valence-corrected chi connectivity index (χ4v) is 1.35. The number of hydrogen-bond donors (Lipinski definition) is 0. The van der Waals surface area contributed by atoms with Gasteiger partial charge < -0.3 is 4.90 Å². The molecule has 0 N–H and O–H groups in total. The minimum absolute atomic E-state index is 0.140. The molecule has 9 heavy (non-hydrogen) atoms. The van der Waals surface area contributed by atoms with E-state index in [4.69, 9.17) is 0 Å². The second kappa shape index (κ2) is 2.68. The molecule has 0 atom stereocenters. The van der Waals surface area contributed by atoms with Crippen LogP contribution in [0.25, 0.3) is 0 Å². The Morgan fingerprint density at radius 3 is 2.78 bits per heavy atom. The van der Waals surface area contributed by atoms with Gasteiger partial charge in [-0.15, -0.1) is 0 Å². The number of halogens is 1. The summed E-state index contributed by atoms with van der Waals surface area (Å²) in [5.74, 6) is 0.140. The van der Waals surface area contributed by atoms with Gasteiger partial charge in [-0.3, -0.25) is 4.79 Å². The first-order valence-electron chi connectivity index (χ1n) is 2.83. The lowest BCUT2D eigenvalue weighted by molar-refractivity contribution is -0.125. The standard InChI is InChI=1S/C6H8INO/c1-5(9)8-3-2-6(7)4-8/h4H,2-3H2,1H3. The van der Waals surface area contributed by atoms with Gasteiger partial charge in [0.2, 0.25) is 5.91 Å². The zero-order valence-electron chi connectivity index (χ0n) is 5.22. The van der Waals surface area contributed by atoms with E-state index in [0.717, 1.165) is 13.0 Å². The molecule has 50 valence electrons. The van der Waals surface area contributed by atoms with Crippen LogP contribution in [-0.4, -0.2) is 17.4 Å². The predicted octanol–water partition coefficient (Wildman–Crippen LogP) is 1.52. The highest BCUT2D eigenvalue weighted by Gasteiger charge is 2.12. The molecule has 2 nitrogen and oxygen atoms in total. The second-order valence-electron chi connectivity index (χ2n) is 2.04. The maximum atomic E-state index is 10.7. The summed E-state index contributed by atoms with van der Waals surface area (Å²) >= 11 is 2.25. The maximum absolute atomic E-state index is 10.7. The molecular weight excluding hydrogens is 229 g/mol. The van der Waals surface area contributed by atoms with E-state index in [-0.39, 0.29) is 5.91 Å². The van der Waals surface area contributed by atoms with Crippen LogP contribution in [-0.2, 0) is 4.79 Å². The highest BCUT2D eigenvalue weighted by atomic mass is 127. The van der Waals surface area contributed by atoms with E-state index in [1.807, 2.05) is 6.20 Å². The quantitative estimate of drug-likeness (QED) is 0.585. The third kappa shape index (κ3) is 1.67. The number of rotatable bonds is 0. The first kappa shape index (κ1) is 7.05. The Balaban J connectivity index is 2.57. The molecule has 1 aliphatic rings. The summed E-state index contributed by atoms with van der Waals surface area (Å²) in [6.45, 7) is 2.46. The second-order valence-corrected chi connectivity index (χ2v) is 3.42. The molecule has 0 aromatic rings. The molecule has 0 aromatic heterocycles. The lowest BCUT2D eigenvalue weighted by Crippen LogP contribution is -2.19. The Kier molecular flexibility index (Phi) is 2.10. The molecule has 3 heteroatoms. The molecular formula is C6H8INO. The van der Waals surface area contributed by atoms with E-state index in [1.54, 1.807) is 11.8 Å². The average molecular weight is 237 g/mol. The molecule has 1 rings (SSSR count). The number of carbonyl (C=O) groups excluding carboxylic acids is 1. The van der Waals surface area contributed by atoms with Crippen molar-refractivity contribution in [2.45, 2.75) is 13.3 Å². The lowest BCUT2D eigenvalue weighted by atomic mass is 10.5. The summed E-state index contributed by atoms with van der Waals surface area (Å²) in [7, 11) is 0. The van der Waals surface area contributed by atoms with E-state index in [0.29, 0.717) is 0 Å². The summed E-state index contributed by atoms with van der Waals surface area (Å²) in [6.07, 6.45) is 2.93. The van der Waals surface area contributed by atoms with Gasteiger partial charge in [-0.2, -0.15) is 0 Å². The summed E-state index contributed by atoms with van der Waals surface area (Å²) in [5, 5.41) is 0. The van der Waals surface area contributed by atoms with Gasteiger partial charge in [0.15, 0.2) is 0 Å². The van der Waals surface area contributed by atoms with Crippen LogP contribution < -0.4 is 0 Å². The predicted molar refractivity (Wildman–Crippen MR) is 44.1 cm³/mol. The number of carbonyl (C=O) groups is 1. The molecule has 0 aliphatic carbocycles. The van der Waals surface area contributed by atoms with E-state index in [9.17, 15) is 4.79 Å². The van der Waals surface area contributed by atoms with E-state index < -0.39 is 0 Å². The molecule has 0 aromatic carbocycles. The zero-order valence-corrected chi connectivity index (χ0v) is 7.38. The Morgan fingerprint density at radius 1 is 1.89 bits per heavy atom. The molecule has 0 fully saturated rings. The molecule has 0 saturated heterocycles. The van der Waals surface area contributed by atoms with Crippen molar-refractivity contribution in [3.63, 3.8) is 0 Å². The average Bonchev–Trinajstić information content (AvgIpc) is 2.14. The van der Waals surface area contributed by atoms with Crippen LogP contribution in [0.5, 0.6) is 0 Å². The number of nitrogens with zero attached hydrogens (tertiary/aromatic N) is 1. The highest BCUT2D eigenvalue weighted by molar-refractivity contribution is 14.1. The zero-order chi connectivity index (χ0) is 6.85. The van der Waals surface area contributed by atoms with Crippen LogP contribution in [0, 0.1) is 0 Å². The molecule has 0 radical (unpaired) electrons. The third-order valence-corrected chi connectivity index (χ3v) is 2.11. The first-order chi connectivity index (χ1) is 4.20.